The van der Waals surface area contributed by atoms with Gasteiger partial charge in [-0.1, -0.05) is 18.7 Å². The first kappa shape index (κ1) is 13.7. The topological polar surface area (TPSA) is 36.9 Å². The monoisotopic (exact) mass is 283 g/mol. The largest absolute Gasteiger partial charge is 0.381 e. The van der Waals surface area contributed by atoms with Crippen molar-refractivity contribution >= 4 is 16.9 Å². The molecule has 0 aromatic heterocycles. The number of hydrogen-bond acceptors (Lipinski definition) is 4. The van der Waals surface area contributed by atoms with E-state index in [1.165, 1.54) is 24.6 Å². The van der Waals surface area contributed by atoms with E-state index < -0.39 is 0 Å². The smallest absolute Gasteiger partial charge is 0.157 e. The Morgan fingerprint density at radius 1 is 1.47 bits per heavy atom. The summed E-state index contributed by atoms with van der Waals surface area (Å²) in [6, 6.07) is 0.672. The molecule has 3 rings (SSSR count). The maximum atomic E-state index is 5.47. The van der Waals surface area contributed by atoms with E-state index in [1.807, 2.05) is 11.8 Å². The van der Waals surface area contributed by atoms with Crippen molar-refractivity contribution in [1.29, 1.82) is 0 Å². The van der Waals surface area contributed by atoms with Crippen LogP contribution in [0.2, 0.25) is 0 Å². The first-order valence-electron chi connectivity index (χ1n) is 7.58. The van der Waals surface area contributed by atoms with Crippen LogP contribution in [0.15, 0.2) is 4.99 Å². The molecule has 0 aromatic rings. The third-order valence-electron chi connectivity index (χ3n) is 4.66. The second-order valence-corrected chi connectivity index (χ2v) is 6.84. The molecule has 0 bridgehead atoms. The summed E-state index contributed by atoms with van der Waals surface area (Å²) in [5, 5.41) is 4.85. The summed E-state index contributed by atoms with van der Waals surface area (Å²) < 4.78 is 5.47. The highest BCUT2D eigenvalue weighted by Gasteiger charge is 2.38. The van der Waals surface area contributed by atoms with Crippen LogP contribution in [0, 0.1) is 0 Å². The van der Waals surface area contributed by atoms with Gasteiger partial charge in [-0.25, -0.2) is 0 Å². The Bertz CT molecular complexity index is 342. The Morgan fingerprint density at radius 2 is 2.32 bits per heavy atom. The lowest BCUT2D eigenvalue weighted by Gasteiger charge is -2.32. The van der Waals surface area contributed by atoms with Crippen LogP contribution in [-0.2, 0) is 4.74 Å². The fourth-order valence-corrected chi connectivity index (χ4v) is 4.56. The molecule has 1 spiro atoms. The second kappa shape index (κ2) is 6.02. The fraction of sp³-hybridized carbons (Fsp3) is 0.929. The number of thioether (sulfide) groups is 1. The Labute approximate surface area is 120 Å². The summed E-state index contributed by atoms with van der Waals surface area (Å²) in [7, 11) is 0. The summed E-state index contributed by atoms with van der Waals surface area (Å²) in [5.41, 5.74) is 0.280. The molecule has 0 saturated carbocycles. The van der Waals surface area contributed by atoms with Crippen LogP contribution in [0.4, 0.5) is 0 Å². The van der Waals surface area contributed by atoms with Gasteiger partial charge in [0.2, 0.25) is 0 Å². The molecule has 4 nitrogen and oxygen atoms in total. The molecule has 1 N–H and O–H groups in total. The van der Waals surface area contributed by atoms with Crippen molar-refractivity contribution in [2.45, 2.75) is 44.2 Å². The Hall–Kier alpha value is -0.260. The van der Waals surface area contributed by atoms with Crippen molar-refractivity contribution in [1.82, 2.24) is 10.2 Å². The number of rotatable bonds is 3. The Balaban J connectivity index is 1.54. The average Bonchev–Trinajstić information content (AvgIpc) is 3.04. The van der Waals surface area contributed by atoms with E-state index in [-0.39, 0.29) is 5.54 Å². The molecule has 3 fully saturated rings. The zero-order valence-electron chi connectivity index (χ0n) is 11.9. The lowest BCUT2D eigenvalue weighted by molar-refractivity contribution is 0.0555. The van der Waals surface area contributed by atoms with E-state index in [2.05, 4.69) is 17.1 Å². The molecule has 19 heavy (non-hydrogen) atoms. The van der Waals surface area contributed by atoms with Gasteiger partial charge in [-0.15, -0.1) is 0 Å². The number of hydrogen-bond donors (Lipinski definition) is 1. The van der Waals surface area contributed by atoms with Crippen LogP contribution in [0.25, 0.3) is 0 Å². The first-order chi connectivity index (χ1) is 9.31. The quantitative estimate of drug-likeness (QED) is 0.855. The molecular formula is C14H25N3OS. The molecule has 3 aliphatic rings. The molecule has 1 atom stereocenters. The standard InChI is InChI=1S/C14H25N3OS/c1-2-17-7-3-4-12(17)10-15-13-16-14(11-19-13)5-8-18-9-6-14/h12H,2-11H2,1H3,(H,15,16). The Morgan fingerprint density at radius 3 is 3.11 bits per heavy atom. The minimum Gasteiger partial charge on any atom is -0.381 e. The lowest BCUT2D eigenvalue weighted by Crippen LogP contribution is -2.48. The van der Waals surface area contributed by atoms with E-state index in [0.717, 1.165) is 44.9 Å². The van der Waals surface area contributed by atoms with Crippen LogP contribution in [0.5, 0.6) is 0 Å². The summed E-state index contributed by atoms with van der Waals surface area (Å²) in [4.78, 5) is 7.40. The first-order valence-corrected chi connectivity index (χ1v) is 8.57. The highest BCUT2D eigenvalue weighted by atomic mass is 32.2. The van der Waals surface area contributed by atoms with Gasteiger partial charge >= 0.3 is 0 Å². The lowest BCUT2D eigenvalue weighted by atomic mass is 9.93. The van der Waals surface area contributed by atoms with Crippen LogP contribution >= 0.6 is 11.8 Å². The highest BCUT2D eigenvalue weighted by molar-refractivity contribution is 8.14. The van der Waals surface area contributed by atoms with Crippen molar-refractivity contribution in [3.8, 4) is 0 Å². The van der Waals surface area contributed by atoms with Crippen molar-refractivity contribution in [2.75, 3.05) is 38.6 Å². The summed E-state index contributed by atoms with van der Waals surface area (Å²) in [5.74, 6) is 1.16. The summed E-state index contributed by atoms with van der Waals surface area (Å²) in [6.45, 7) is 7.44. The van der Waals surface area contributed by atoms with Crippen molar-refractivity contribution in [2.24, 2.45) is 4.99 Å². The van der Waals surface area contributed by atoms with Crippen molar-refractivity contribution in [3.05, 3.63) is 0 Å². The number of likely N-dealkylation sites (tertiary alicyclic amines) is 1. The third-order valence-corrected chi connectivity index (χ3v) is 5.86. The van der Waals surface area contributed by atoms with Crippen molar-refractivity contribution in [3.63, 3.8) is 0 Å². The van der Waals surface area contributed by atoms with Crippen LogP contribution < -0.4 is 5.32 Å². The van der Waals surface area contributed by atoms with Gasteiger partial charge < -0.3 is 10.1 Å². The van der Waals surface area contributed by atoms with Gasteiger partial charge in [0.05, 0.1) is 12.1 Å². The molecule has 0 aliphatic carbocycles. The maximum absolute atomic E-state index is 5.47. The maximum Gasteiger partial charge on any atom is 0.157 e. The normalized spacial score (nSPS) is 33.1. The molecule has 3 aliphatic heterocycles. The minimum absolute atomic E-state index is 0.280. The predicted octanol–water partition coefficient (Wildman–Crippen LogP) is 1.71. The number of nitrogens with one attached hydrogen (secondary N) is 1. The molecule has 0 radical (unpaired) electrons. The summed E-state index contributed by atoms with van der Waals surface area (Å²) in [6.07, 6.45) is 4.91. The molecular weight excluding hydrogens is 258 g/mol. The van der Waals surface area contributed by atoms with Gasteiger partial charge in [-0.2, -0.15) is 0 Å². The van der Waals surface area contributed by atoms with Gasteiger partial charge in [0.25, 0.3) is 0 Å². The predicted molar refractivity (Wildman–Crippen MR) is 80.9 cm³/mol. The van der Waals surface area contributed by atoms with Crippen LogP contribution in [0.1, 0.15) is 32.6 Å². The molecule has 1 unspecified atom stereocenters. The molecule has 0 amide bonds. The van der Waals surface area contributed by atoms with Crippen LogP contribution in [0.3, 0.4) is 0 Å². The SMILES string of the molecule is CCN1CCCC1CN=C1NC2(CCOCC2)CS1. The molecule has 3 saturated heterocycles. The van der Waals surface area contributed by atoms with Gasteiger partial charge in [0.15, 0.2) is 5.17 Å². The van der Waals surface area contributed by atoms with Gasteiger partial charge in [-0.05, 0) is 38.8 Å². The highest BCUT2D eigenvalue weighted by Crippen LogP contribution is 2.31. The van der Waals surface area contributed by atoms with E-state index in [4.69, 9.17) is 9.73 Å². The van der Waals surface area contributed by atoms with Crippen LogP contribution in [-0.4, -0.2) is 60.2 Å². The number of nitrogens with zero attached hydrogens (tertiary/aromatic N) is 2. The minimum atomic E-state index is 0.280. The number of ether oxygens (including phenoxy) is 1. The Kier molecular flexibility index (Phi) is 4.34. The molecule has 5 heteroatoms. The zero-order chi connectivity index (χ0) is 13.1. The number of likely N-dealkylation sites (N-methyl/N-ethyl adjacent to an activating group) is 1. The van der Waals surface area contributed by atoms with Gasteiger partial charge in [0, 0.05) is 25.0 Å². The second-order valence-electron chi connectivity index (χ2n) is 5.88. The molecule has 3 heterocycles. The van der Waals surface area contributed by atoms with E-state index in [0.29, 0.717) is 6.04 Å². The third kappa shape index (κ3) is 3.09. The molecule has 108 valence electrons. The van der Waals surface area contributed by atoms with Gasteiger partial charge in [-0.3, -0.25) is 9.89 Å². The summed E-state index contributed by atoms with van der Waals surface area (Å²) >= 11 is 1.90. The van der Waals surface area contributed by atoms with Crippen molar-refractivity contribution < 1.29 is 4.74 Å². The van der Waals surface area contributed by atoms with E-state index in [9.17, 15) is 0 Å². The number of aliphatic imine (C=N–C) groups is 1. The van der Waals surface area contributed by atoms with Gasteiger partial charge in [0.1, 0.15) is 0 Å². The van der Waals surface area contributed by atoms with E-state index in [1.54, 1.807) is 0 Å². The zero-order valence-corrected chi connectivity index (χ0v) is 12.7. The fourth-order valence-electron chi connectivity index (χ4n) is 3.33. The number of amidine groups is 1. The average molecular weight is 283 g/mol. The van der Waals surface area contributed by atoms with E-state index >= 15 is 0 Å². The molecule has 0 aromatic carbocycles.